The zero-order valence-electron chi connectivity index (χ0n) is 18.3. The predicted molar refractivity (Wildman–Crippen MR) is 121 cm³/mol. The number of fused-ring (bicyclic) bond motifs is 1. The lowest BCUT2D eigenvalue weighted by atomic mass is 10.0. The quantitative estimate of drug-likeness (QED) is 0.344. The van der Waals surface area contributed by atoms with Crippen LogP contribution in [-0.2, 0) is 22.6 Å². The summed E-state index contributed by atoms with van der Waals surface area (Å²) in [6.07, 6.45) is 2.04. The lowest BCUT2D eigenvalue weighted by Gasteiger charge is -2.11. The van der Waals surface area contributed by atoms with Crippen molar-refractivity contribution < 1.29 is 27.8 Å². The third kappa shape index (κ3) is 4.98. The van der Waals surface area contributed by atoms with Crippen molar-refractivity contribution in [3.05, 3.63) is 83.6 Å². The van der Waals surface area contributed by atoms with E-state index >= 15 is 0 Å². The fourth-order valence-electron chi connectivity index (χ4n) is 3.66. The summed E-state index contributed by atoms with van der Waals surface area (Å²) in [6.45, 7) is 2.49. The molecule has 4 aromatic rings. The standard InChI is InChI=1S/C26H23F2NO4/c1-3-32-26(30)11-18-14-29-24-10-16(4-9-20(18)24)15-33-19-7-5-17(6-8-19)21-12-22(27)23(28)13-25(21)31-2/h4-10,12-14,29H,3,11,15H2,1-2H3. The minimum Gasteiger partial charge on any atom is -0.496 e. The SMILES string of the molecule is CCOC(=O)Cc1c[nH]c2cc(COc3ccc(-c4cc(F)c(F)cc4OC)cc3)ccc12. The molecule has 7 heteroatoms. The molecule has 0 amide bonds. The number of H-pyrrole nitrogens is 1. The molecule has 0 atom stereocenters. The van der Waals surface area contributed by atoms with Crippen molar-refractivity contribution in [2.45, 2.75) is 20.0 Å². The second-order valence-electron chi connectivity index (χ2n) is 7.46. The lowest BCUT2D eigenvalue weighted by molar-refractivity contribution is -0.142. The fraction of sp³-hybridized carbons (Fsp3) is 0.192. The van der Waals surface area contributed by atoms with E-state index in [1.165, 1.54) is 7.11 Å². The van der Waals surface area contributed by atoms with Gasteiger partial charge in [-0.3, -0.25) is 4.79 Å². The monoisotopic (exact) mass is 451 g/mol. The number of aromatic amines is 1. The summed E-state index contributed by atoms with van der Waals surface area (Å²) in [4.78, 5) is 15.0. The summed E-state index contributed by atoms with van der Waals surface area (Å²) in [5, 5.41) is 0.969. The molecule has 1 N–H and O–H groups in total. The van der Waals surface area contributed by atoms with Crippen LogP contribution in [0.2, 0.25) is 0 Å². The molecule has 0 aliphatic rings. The Labute approximate surface area is 189 Å². The number of rotatable bonds is 8. The van der Waals surface area contributed by atoms with E-state index in [1.807, 2.05) is 24.4 Å². The van der Waals surface area contributed by atoms with Gasteiger partial charge in [-0.15, -0.1) is 0 Å². The van der Waals surface area contributed by atoms with Crippen molar-refractivity contribution in [1.29, 1.82) is 0 Å². The summed E-state index contributed by atoms with van der Waals surface area (Å²) in [7, 11) is 1.41. The summed E-state index contributed by atoms with van der Waals surface area (Å²) in [5.74, 6) is -1.26. The molecule has 1 heterocycles. The molecular formula is C26H23F2NO4. The van der Waals surface area contributed by atoms with Crippen molar-refractivity contribution in [1.82, 2.24) is 4.98 Å². The molecule has 4 rings (SSSR count). The molecule has 5 nitrogen and oxygen atoms in total. The van der Waals surface area contributed by atoms with Gasteiger partial charge in [-0.1, -0.05) is 24.3 Å². The van der Waals surface area contributed by atoms with Crippen LogP contribution in [0.3, 0.4) is 0 Å². The van der Waals surface area contributed by atoms with Crippen molar-refractivity contribution in [2.75, 3.05) is 13.7 Å². The molecule has 0 aliphatic carbocycles. The highest BCUT2D eigenvalue weighted by molar-refractivity contribution is 5.87. The van der Waals surface area contributed by atoms with E-state index < -0.39 is 11.6 Å². The Morgan fingerprint density at radius 3 is 2.48 bits per heavy atom. The maximum Gasteiger partial charge on any atom is 0.310 e. The van der Waals surface area contributed by atoms with E-state index in [-0.39, 0.29) is 18.1 Å². The third-order valence-electron chi connectivity index (χ3n) is 5.29. The van der Waals surface area contributed by atoms with Crippen molar-refractivity contribution in [3.8, 4) is 22.6 Å². The first-order chi connectivity index (χ1) is 16.0. The largest absolute Gasteiger partial charge is 0.496 e. The van der Waals surface area contributed by atoms with Gasteiger partial charge in [0.1, 0.15) is 18.1 Å². The smallest absolute Gasteiger partial charge is 0.310 e. The molecule has 0 aliphatic heterocycles. The average molecular weight is 451 g/mol. The molecule has 170 valence electrons. The molecular weight excluding hydrogens is 428 g/mol. The van der Waals surface area contributed by atoms with Gasteiger partial charge in [-0.25, -0.2) is 8.78 Å². The van der Waals surface area contributed by atoms with Crippen LogP contribution in [0, 0.1) is 11.6 Å². The van der Waals surface area contributed by atoms with Crippen LogP contribution in [0.1, 0.15) is 18.1 Å². The van der Waals surface area contributed by atoms with Crippen LogP contribution < -0.4 is 9.47 Å². The van der Waals surface area contributed by atoms with Gasteiger partial charge in [0.15, 0.2) is 11.6 Å². The van der Waals surface area contributed by atoms with Crippen LogP contribution in [-0.4, -0.2) is 24.7 Å². The Hall–Kier alpha value is -3.87. The molecule has 0 saturated heterocycles. The van der Waals surface area contributed by atoms with Crippen molar-refractivity contribution >= 4 is 16.9 Å². The molecule has 3 aromatic carbocycles. The van der Waals surface area contributed by atoms with E-state index in [0.29, 0.717) is 30.1 Å². The first kappa shape index (κ1) is 22.3. The van der Waals surface area contributed by atoms with Gasteiger partial charge in [-0.05, 0) is 47.9 Å². The van der Waals surface area contributed by atoms with E-state index in [2.05, 4.69) is 4.98 Å². The van der Waals surface area contributed by atoms with Gasteiger partial charge < -0.3 is 19.2 Å². The summed E-state index contributed by atoms with van der Waals surface area (Å²) >= 11 is 0. The van der Waals surface area contributed by atoms with E-state index in [4.69, 9.17) is 14.2 Å². The number of carbonyl (C=O) groups is 1. The van der Waals surface area contributed by atoms with Crippen molar-refractivity contribution in [2.24, 2.45) is 0 Å². The third-order valence-corrected chi connectivity index (χ3v) is 5.29. The molecule has 33 heavy (non-hydrogen) atoms. The Bertz CT molecular complexity index is 1280. The number of nitrogens with one attached hydrogen (secondary N) is 1. The number of esters is 1. The highest BCUT2D eigenvalue weighted by Gasteiger charge is 2.13. The molecule has 0 fully saturated rings. The maximum absolute atomic E-state index is 13.7. The number of hydrogen-bond donors (Lipinski definition) is 1. The topological polar surface area (TPSA) is 60.6 Å². The maximum atomic E-state index is 13.7. The predicted octanol–water partition coefficient (Wildman–Crippen LogP) is 5.81. The number of halogens is 2. The molecule has 0 spiro atoms. The zero-order chi connectivity index (χ0) is 23.4. The Morgan fingerprint density at radius 2 is 1.76 bits per heavy atom. The lowest BCUT2D eigenvalue weighted by Crippen LogP contribution is -2.06. The second-order valence-corrected chi connectivity index (χ2v) is 7.46. The number of ether oxygens (including phenoxy) is 3. The number of carbonyl (C=O) groups excluding carboxylic acids is 1. The van der Waals surface area contributed by atoms with Crippen LogP contribution >= 0.6 is 0 Å². The minimum atomic E-state index is -0.956. The van der Waals surface area contributed by atoms with Crippen LogP contribution in [0.5, 0.6) is 11.5 Å². The highest BCUT2D eigenvalue weighted by atomic mass is 19.2. The van der Waals surface area contributed by atoms with Gasteiger partial charge in [-0.2, -0.15) is 0 Å². The van der Waals surface area contributed by atoms with Gasteiger partial charge >= 0.3 is 5.97 Å². The first-order valence-electron chi connectivity index (χ1n) is 10.5. The molecule has 0 saturated carbocycles. The van der Waals surface area contributed by atoms with Crippen LogP contribution in [0.25, 0.3) is 22.0 Å². The Balaban J connectivity index is 1.44. The number of aromatic nitrogens is 1. The van der Waals surface area contributed by atoms with Gasteiger partial charge in [0.25, 0.3) is 0 Å². The molecule has 0 radical (unpaired) electrons. The van der Waals surface area contributed by atoms with Gasteiger partial charge in [0.05, 0.1) is 20.1 Å². The summed E-state index contributed by atoms with van der Waals surface area (Å²) < 4.78 is 43.2. The zero-order valence-corrected chi connectivity index (χ0v) is 18.3. The number of hydrogen-bond acceptors (Lipinski definition) is 4. The van der Waals surface area contributed by atoms with E-state index in [0.717, 1.165) is 34.2 Å². The first-order valence-corrected chi connectivity index (χ1v) is 10.5. The Kier molecular flexibility index (Phi) is 6.58. The summed E-state index contributed by atoms with van der Waals surface area (Å²) in [5.41, 5.74) is 3.90. The average Bonchev–Trinajstić information content (AvgIpc) is 3.21. The number of methoxy groups -OCH3 is 1. The summed E-state index contributed by atoms with van der Waals surface area (Å²) in [6, 6.07) is 15.1. The van der Waals surface area contributed by atoms with Crippen LogP contribution in [0.4, 0.5) is 8.78 Å². The molecule has 0 unspecified atom stereocenters. The van der Waals surface area contributed by atoms with Gasteiger partial charge in [0, 0.05) is 28.7 Å². The van der Waals surface area contributed by atoms with Crippen LogP contribution in [0.15, 0.2) is 60.8 Å². The normalized spacial score (nSPS) is 10.9. The number of benzene rings is 3. The Morgan fingerprint density at radius 1 is 1.00 bits per heavy atom. The minimum absolute atomic E-state index is 0.221. The molecule has 1 aromatic heterocycles. The van der Waals surface area contributed by atoms with Gasteiger partial charge in [0.2, 0.25) is 0 Å². The molecule has 0 bridgehead atoms. The van der Waals surface area contributed by atoms with E-state index in [9.17, 15) is 13.6 Å². The van der Waals surface area contributed by atoms with E-state index in [1.54, 1.807) is 31.2 Å². The second kappa shape index (κ2) is 9.73. The highest BCUT2D eigenvalue weighted by Crippen LogP contribution is 2.33. The van der Waals surface area contributed by atoms with Crippen molar-refractivity contribution in [3.63, 3.8) is 0 Å². The fourth-order valence-corrected chi connectivity index (χ4v) is 3.66.